The van der Waals surface area contributed by atoms with Gasteiger partial charge in [-0.3, -0.25) is 9.69 Å². The molecular weight excluding hydrogens is 326 g/mol. The topological polar surface area (TPSA) is 80.2 Å². The molecule has 7 nitrogen and oxygen atoms in total. The van der Waals surface area contributed by atoms with Crippen LogP contribution in [0.15, 0.2) is 30.0 Å². The predicted molar refractivity (Wildman–Crippen MR) is 92.1 cm³/mol. The number of piperidine rings is 1. The molecule has 1 saturated heterocycles. The summed E-state index contributed by atoms with van der Waals surface area (Å²) >= 11 is 1.43. The molecule has 1 atom stereocenters. The highest BCUT2D eigenvalue weighted by atomic mass is 32.1. The van der Waals surface area contributed by atoms with E-state index in [1.807, 2.05) is 12.3 Å². The van der Waals surface area contributed by atoms with E-state index in [0.29, 0.717) is 11.1 Å². The van der Waals surface area contributed by atoms with Crippen molar-refractivity contribution >= 4 is 22.4 Å². The summed E-state index contributed by atoms with van der Waals surface area (Å²) in [7, 11) is 0. The fourth-order valence-corrected chi connectivity index (χ4v) is 3.42. The van der Waals surface area contributed by atoms with Crippen LogP contribution in [0, 0.1) is 0 Å². The lowest BCUT2D eigenvalue weighted by Crippen LogP contribution is -2.49. The van der Waals surface area contributed by atoms with E-state index >= 15 is 0 Å². The molecule has 3 heterocycles. The number of carbonyl (C=O) groups is 1. The molecule has 2 aromatic rings. The van der Waals surface area contributed by atoms with Gasteiger partial charge in [0.1, 0.15) is 6.10 Å². The van der Waals surface area contributed by atoms with Gasteiger partial charge in [-0.25, -0.2) is 15.0 Å². The van der Waals surface area contributed by atoms with Crippen LogP contribution in [0.3, 0.4) is 0 Å². The number of anilines is 1. The maximum Gasteiger partial charge on any atom is 0.316 e. The van der Waals surface area contributed by atoms with Crippen LogP contribution in [0.25, 0.3) is 0 Å². The van der Waals surface area contributed by atoms with Gasteiger partial charge in [-0.1, -0.05) is 6.92 Å². The molecular formula is C16H21N5O2S. The number of carbonyl (C=O) groups excluding carboxylic acids is 1. The van der Waals surface area contributed by atoms with Crippen LogP contribution in [-0.2, 0) is 4.79 Å². The van der Waals surface area contributed by atoms with Crippen LogP contribution in [0.5, 0.6) is 6.01 Å². The monoisotopic (exact) mass is 347 g/mol. The van der Waals surface area contributed by atoms with Crippen molar-refractivity contribution in [3.05, 3.63) is 30.0 Å². The molecule has 24 heavy (non-hydrogen) atoms. The number of hydrogen-bond acceptors (Lipinski definition) is 7. The van der Waals surface area contributed by atoms with E-state index in [4.69, 9.17) is 4.74 Å². The molecule has 1 aliphatic rings. The van der Waals surface area contributed by atoms with Crippen LogP contribution in [0.2, 0.25) is 0 Å². The molecule has 1 aliphatic heterocycles. The molecule has 0 bridgehead atoms. The van der Waals surface area contributed by atoms with Crippen molar-refractivity contribution in [3.8, 4) is 6.01 Å². The van der Waals surface area contributed by atoms with Crippen molar-refractivity contribution in [1.29, 1.82) is 0 Å². The Morgan fingerprint density at radius 2 is 2.08 bits per heavy atom. The summed E-state index contributed by atoms with van der Waals surface area (Å²) in [5.74, 6) is 0.0122. The Morgan fingerprint density at radius 3 is 2.71 bits per heavy atom. The molecule has 8 heteroatoms. The van der Waals surface area contributed by atoms with E-state index < -0.39 is 0 Å². The zero-order valence-electron chi connectivity index (χ0n) is 13.6. The van der Waals surface area contributed by atoms with Gasteiger partial charge in [0, 0.05) is 37.1 Å². The maximum atomic E-state index is 12.5. The average molecular weight is 347 g/mol. The summed E-state index contributed by atoms with van der Waals surface area (Å²) < 4.78 is 5.80. The van der Waals surface area contributed by atoms with Gasteiger partial charge < -0.3 is 10.1 Å². The zero-order valence-corrected chi connectivity index (χ0v) is 14.4. The summed E-state index contributed by atoms with van der Waals surface area (Å²) in [6.07, 6.45) is 7.63. The lowest BCUT2D eigenvalue weighted by atomic mass is 10.0. The van der Waals surface area contributed by atoms with E-state index in [0.717, 1.165) is 32.4 Å². The Balaban J connectivity index is 1.51. The molecule has 0 radical (unpaired) electrons. The minimum atomic E-state index is -0.136. The lowest BCUT2D eigenvalue weighted by molar-refractivity contribution is -0.122. The number of thiazole rings is 1. The minimum absolute atomic E-state index is 0.0122. The third-order valence-corrected chi connectivity index (χ3v) is 4.77. The van der Waals surface area contributed by atoms with Crippen molar-refractivity contribution in [2.45, 2.75) is 38.3 Å². The van der Waals surface area contributed by atoms with E-state index in [9.17, 15) is 4.79 Å². The number of nitrogens with zero attached hydrogens (tertiary/aromatic N) is 4. The maximum absolute atomic E-state index is 12.5. The lowest BCUT2D eigenvalue weighted by Gasteiger charge is -2.35. The van der Waals surface area contributed by atoms with Gasteiger partial charge in [0.05, 0.1) is 6.04 Å². The molecule has 0 saturated carbocycles. The molecule has 1 fully saturated rings. The first-order valence-corrected chi connectivity index (χ1v) is 9.02. The van der Waals surface area contributed by atoms with Crippen LogP contribution in [-0.4, -0.2) is 51.0 Å². The fraction of sp³-hybridized carbons (Fsp3) is 0.500. The number of hydrogen-bond donors (Lipinski definition) is 1. The highest BCUT2D eigenvalue weighted by Gasteiger charge is 2.29. The third kappa shape index (κ3) is 4.27. The number of aromatic nitrogens is 3. The van der Waals surface area contributed by atoms with Crippen molar-refractivity contribution in [2.24, 2.45) is 0 Å². The number of likely N-dealkylation sites (tertiary alicyclic amines) is 1. The summed E-state index contributed by atoms with van der Waals surface area (Å²) in [6.45, 7) is 3.68. The summed E-state index contributed by atoms with van der Waals surface area (Å²) in [5, 5.41) is 5.40. The number of amides is 1. The standard InChI is InChI=1S/C16H21N5O2S/c1-2-13(14(22)20-16-19-8-11-24-16)21-9-4-12(5-10-21)23-15-17-6-3-7-18-15/h3,6-8,11-13H,2,4-5,9-10H2,1H3,(H,19,20,22). The SMILES string of the molecule is CCC(C(=O)Nc1nccs1)N1CCC(Oc2ncccn2)CC1. The van der Waals surface area contributed by atoms with Crippen molar-refractivity contribution in [1.82, 2.24) is 19.9 Å². The molecule has 0 spiro atoms. The zero-order chi connectivity index (χ0) is 16.8. The predicted octanol–water partition coefficient (Wildman–Crippen LogP) is 2.19. The second kappa shape index (κ2) is 8.16. The molecule has 0 aromatic carbocycles. The van der Waals surface area contributed by atoms with Gasteiger partial charge in [0.2, 0.25) is 5.91 Å². The van der Waals surface area contributed by atoms with E-state index in [2.05, 4.69) is 25.2 Å². The van der Waals surface area contributed by atoms with Gasteiger partial charge >= 0.3 is 6.01 Å². The highest BCUT2D eigenvalue weighted by Crippen LogP contribution is 2.20. The van der Waals surface area contributed by atoms with Gasteiger partial charge in [0.15, 0.2) is 5.13 Å². The second-order valence-corrected chi connectivity index (χ2v) is 6.53. The first-order valence-electron chi connectivity index (χ1n) is 8.14. The normalized spacial score (nSPS) is 17.4. The summed E-state index contributed by atoms with van der Waals surface area (Å²) in [4.78, 5) is 27.0. The Morgan fingerprint density at radius 1 is 1.33 bits per heavy atom. The molecule has 3 rings (SSSR count). The van der Waals surface area contributed by atoms with E-state index in [1.54, 1.807) is 24.7 Å². The molecule has 1 unspecified atom stereocenters. The second-order valence-electron chi connectivity index (χ2n) is 5.64. The molecule has 2 aromatic heterocycles. The minimum Gasteiger partial charge on any atom is -0.460 e. The van der Waals surface area contributed by atoms with Gasteiger partial charge in [-0.05, 0) is 25.3 Å². The summed E-state index contributed by atoms with van der Waals surface area (Å²) in [5.41, 5.74) is 0. The Hall–Kier alpha value is -2.06. The van der Waals surface area contributed by atoms with Crippen LogP contribution in [0.4, 0.5) is 5.13 Å². The van der Waals surface area contributed by atoms with Gasteiger partial charge in [-0.2, -0.15) is 0 Å². The largest absolute Gasteiger partial charge is 0.460 e. The Kier molecular flexibility index (Phi) is 5.71. The number of nitrogens with one attached hydrogen (secondary N) is 1. The van der Waals surface area contributed by atoms with Crippen molar-refractivity contribution < 1.29 is 9.53 Å². The molecule has 1 amide bonds. The summed E-state index contributed by atoms with van der Waals surface area (Å²) in [6, 6.07) is 2.05. The first-order chi connectivity index (χ1) is 11.8. The highest BCUT2D eigenvalue weighted by molar-refractivity contribution is 7.13. The van der Waals surface area contributed by atoms with Crippen molar-refractivity contribution in [2.75, 3.05) is 18.4 Å². The first kappa shape index (κ1) is 16.8. The number of rotatable bonds is 6. The third-order valence-electron chi connectivity index (χ3n) is 4.08. The average Bonchev–Trinajstić information content (AvgIpc) is 3.11. The van der Waals surface area contributed by atoms with Gasteiger partial charge in [-0.15, -0.1) is 11.3 Å². The van der Waals surface area contributed by atoms with Crippen LogP contribution >= 0.6 is 11.3 Å². The van der Waals surface area contributed by atoms with Crippen molar-refractivity contribution in [3.63, 3.8) is 0 Å². The Labute approximate surface area is 145 Å². The van der Waals surface area contributed by atoms with Crippen LogP contribution < -0.4 is 10.1 Å². The quantitative estimate of drug-likeness (QED) is 0.863. The van der Waals surface area contributed by atoms with E-state index in [-0.39, 0.29) is 18.1 Å². The smallest absolute Gasteiger partial charge is 0.316 e. The number of ether oxygens (including phenoxy) is 1. The molecule has 128 valence electrons. The van der Waals surface area contributed by atoms with Crippen LogP contribution in [0.1, 0.15) is 26.2 Å². The van der Waals surface area contributed by atoms with Gasteiger partial charge in [0.25, 0.3) is 0 Å². The fourth-order valence-electron chi connectivity index (χ4n) is 2.88. The molecule has 1 N–H and O–H groups in total. The molecule has 0 aliphatic carbocycles. The Bertz CT molecular complexity index is 629. The van der Waals surface area contributed by atoms with E-state index in [1.165, 1.54) is 11.3 Å².